The molecule has 1 amide bonds. The molecule has 0 bridgehead atoms. The van der Waals surface area contributed by atoms with Crippen molar-refractivity contribution in [2.24, 2.45) is 5.41 Å². The Bertz CT molecular complexity index is 587. The van der Waals surface area contributed by atoms with Gasteiger partial charge in [0.15, 0.2) is 0 Å². The summed E-state index contributed by atoms with van der Waals surface area (Å²) in [5, 5.41) is 19.1. The van der Waals surface area contributed by atoms with Gasteiger partial charge in [-0.15, -0.1) is 10.2 Å². The molecule has 0 radical (unpaired) electrons. The predicted octanol–water partition coefficient (Wildman–Crippen LogP) is 0.752. The third-order valence-corrected chi connectivity index (χ3v) is 6.28. The minimum Gasteiger partial charge on any atom is -0.391 e. The van der Waals surface area contributed by atoms with Gasteiger partial charge in [-0.05, 0) is 31.1 Å². The number of ether oxygens (including phenoxy) is 1. The van der Waals surface area contributed by atoms with Gasteiger partial charge in [0.05, 0.1) is 6.10 Å². The Hall–Kier alpha value is -1.25. The molecule has 3 aliphatic rings. The molecule has 0 unspecified atom stereocenters. The summed E-state index contributed by atoms with van der Waals surface area (Å²) in [6.45, 7) is 4.58. The van der Waals surface area contributed by atoms with E-state index in [2.05, 4.69) is 10.2 Å². The van der Waals surface area contributed by atoms with Gasteiger partial charge >= 0.3 is 0 Å². The minimum atomic E-state index is -0.301. The van der Waals surface area contributed by atoms with Crippen LogP contribution in [0, 0.1) is 5.41 Å². The molecule has 1 spiro atoms. The average molecular weight is 338 g/mol. The van der Waals surface area contributed by atoms with Gasteiger partial charge < -0.3 is 19.6 Å². The Kier molecular flexibility index (Phi) is 3.98. The highest BCUT2D eigenvalue weighted by atomic mass is 32.1. The number of aromatic nitrogens is 2. The highest BCUT2D eigenvalue weighted by Gasteiger charge is 2.41. The van der Waals surface area contributed by atoms with Crippen LogP contribution in [0.3, 0.4) is 0 Å². The first-order chi connectivity index (χ1) is 11.2. The van der Waals surface area contributed by atoms with Crippen LogP contribution in [0.4, 0.5) is 5.13 Å². The zero-order valence-electron chi connectivity index (χ0n) is 13.1. The first-order valence-corrected chi connectivity index (χ1v) is 9.10. The molecule has 4 heterocycles. The fraction of sp³-hybridized carbons (Fsp3) is 0.800. The molecule has 3 fully saturated rings. The SMILES string of the molecule is O=C(c1nnc(N2CC[C@H](O)C2)s1)N1CCC2(CCOCC2)C1. The fourth-order valence-electron chi connectivity index (χ4n) is 3.80. The van der Waals surface area contributed by atoms with Crippen LogP contribution >= 0.6 is 11.3 Å². The maximum Gasteiger partial charge on any atom is 0.284 e. The summed E-state index contributed by atoms with van der Waals surface area (Å²) < 4.78 is 5.46. The first-order valence-electron chi connectivity index (χ1n) is 8.29. The number of aliphatic hydroxyl groups is 1. The van der Waals surface area contributed by atoms with E-state index in [1.807, 2.05) is 9.80 Å². The molecule has 0 aliphatic carbocycles. The quantitative estimate of drug-likeness (QED) is 0.857. The number of likely N-dealkylation sites (tertiary alicyclic amines) is 1. The molecule has 3 saturated heterocycles. The zero-order chi connectivity index (χ0) is 15.9. The van der Waals surface area contributed by atoms with Gasteiger partial charge in [0.1, 0.15) is 0 Å². The van der Waals surface area contributed by atoms with E-state index < -0.39 is 0 Å². The van der Waals surface area contributed by atoms with Crippen molar-refractivity contribution in [3.63, 3.8) is 0 Å². The van der Waals surface area contributed by atoms with E-state index in [1.165, 1.54) is 11.3 Å². The second kappa shape index (κ2) is 5.99. The number of rotatable bonds is 2. The molecule has 126 valence electrons. The third-order valence-electron chi connectivity index (χ3n) is 5.31. The predicted molar refractivity (Wildman–Crippen MR) is 85.8 cm³/mol. The average Bonchev–Trinajstić information content (AvgIpc) is 3.27. The van der Waals surface area contributed by atoms with Crippen molar-refractivity contribution in [2.45, 2.75) is 31.8 Å². The lowest BCUT2D eigenvalue weighted by Crippen LogP contribution is -2.35. The number of carbonyl (C=O) groups is 1. The molecular weight excluding hydrogens is 316 g/mol. The molecule has 1 aromatic heterocycles. The first kappa shape index (κ1) is 15.3. The van der Waals surface area contributed by atoms with Crippen LogP contribution in [0.2, 0.25) is 0 Å². The topological polar surface area (TPSA) is 78.8 Å². The van der Waals surface area contributed by atoms with Crippen LogP contribution in [0.1, 0.15) is 35.5 Å². The number of β-amino-alcohol motifs (C(OH)–C–C–N with tert-alkyl or cyclic N) is 1. The number of nitrogens with zero attached hydrogens (tertiary/aromatic N) is 4. The maximum atomic E-state index is 12.7. The van der Waals surface area contributed by atoms with Crippen LogP contribution < -0.4 is 4.90 Å². The standard InChI is InChI=1S/C15H22N4O3S/c20-11-1-5-18(9-11)14-17-16-12(23-14)13(21)19-6-2-15(10-19)3-7-22-8-4-15/h11,20H,1-10H2/t11-/m0/s1. The molecule has 1 N–H and O–H groups in total. The summed E-state index contributed by atoms with van der Waals surface area (Å²) in [7, 11) is 0. The van der Waals surface area contributed by atoms with Gasteiger partial charge in [0.25, 0.3) is 5.91 Å². The van der Waals surface area contributed by atoms with Crippen molar-refractivity contribution < 1.29 is 14.6 Å². The highest BCUT2D eigenvalue weighted by molar-refractivity contribution is 7.17. The van der Waals surface area contributed by atoms with Gasteiger partial charge in [-0.3, -0.25) is 4.79 Å². The molecular formula is C15H22N4O3S. The highest BCUT2D eigenvalue weighted by Crippen LogP contribution is 2.40. The van der Waals surface area contributed by atoms with Crippen LogP contribution in [-0.2, 0) is 4.74 Å². The Morgan fingerprint density at radius 2 is 2.09 bits per heavy atom. The van der Waals surface area contributed by atoms with E-state index in [-0.39, 0.29) is 17.4 Å². The number of anilines is 1. The van der Waals surface area contributed by atoms with Gasteiger partial charge in [-0.25, -0.2) is 0 Å². The Balaban J connectivity index is 1.42. The minimum absolute atomic E-state index is 0.00291. The summed E-state index contributed by atoms with van der Waals surface area (Å²) in [5.41, 5.74) is 0.250. The molecule has 0 aromatic carbocycles. The summed E-state index contributed by atoms with van der Waals surface area (Å²) >= 11 is 1.34. The van der Waals surface area contributed by atoms with E-state index in [0.29, 0.717) is 11.6 Å². The van der Waals surface area contributed by atoms with Crippen molar-refractivity contribution in [1.82, 2.24) is 15.1 Å². The molecule has 4 rings (SSSR count). The van der Waals surface area contributed by atoms with Gasteiger partial charge in [-0.2, -0.15) is 0 Å². The van der Waals surface area contributed by atoms with Crippen LogP contribution in [0.5, 0.6) is 0 Å². The summed E-state index contributed by atoms with van der Waals surface area (Å²) in [6, 6.07) is 0. The number of hydrogen-bond donors (Lipinski definition) is 1. The third kappa shape index (κ3) is 2.95. The summed E-state index contributed by atoms with van der Waals surface area (Å²) in [6.07, 6.45) is 3.60. The molecule has 8 heteroatoms. The van der Waals surface area contributed by atoms with E-state index in [4.69, 9.17) is 4.74 Å². The van der Waals surface area contributed by atoms with E-state index in [0.717, 1.165) is 63.7 Å². The van der Waals surface area contributed by atoms with Crippen molar-refractivity contribution in [2.75, 3.05) is 44.3 Å². The maximum absolute atomic E-state index is 12.7. The number of hydrogen-bond acceptors (Lipinski definition) is 7. The molecule has 0 saturated carbocycles. The molecule has 1 aromatic rings. The molecule has 3 aliphatic heterocycles. The lowest BCUT2D eigenvalue weighted by Gasteiger charge is -2.32. The summed E-state index contributed by atoms with van der Waals surface area (Å²) in [5.74, 6) is -0.00291. The Morgan fingerprint density at radius 1 is 1.26 bits per heavy atom. The lowest BCUT2D eigenvalue weighted by atomic mass is 9.80. The van der Waals surface area contributed by atoms with Crippen LogP contribution in [-0.4, -0.2) is 71.6 Å². The van der Waals surface area contributed by atoms with Gasteiger partial charge in [0.2, 0.25) is 10.1 Å². The molecule has 7 nitrogen and oxygen atoms in total. The van der Waals surface area contributed by atoms with E-state index in [1.54, 1.807) is 0 Å². The van der Waals surface area contributed by atoms with E-state index in [9.17, 15) is 9.90 Å². The number of aliphatic hydroxyl groups excluding tert-OH is 1. The smallest absolute Gasteiger partial charge is 0.284 e. The van der Waals surface area contributed by atoms with Gasteiger partial charge in [0, 0.05) is 39.4 Å². The Labute approximate surface area is 139 Å². The normalized spacial score (nSPS) is 27.1. The van der Waals surface area contributed by atoms with Crippen LogP contribution in [0.25, 0.3) is 0 Å². The Morgan fingerprint density at radius 3 is 2.83 bits per heavy atom. The second-order valence-electron chi connectivity index (χ2n) is 6.87. The number of amides is 1. The summed E-state index contributed by atoms with van der Waals surface area (Å²) in [4.78, 5) is 16.6. The zero-order valence-corrected chi connectivity index (χ0v) is 13.9. The number of carbonyl (C=O) groups excluding carboxylic acids is 1. The fourth-order valence-corrected chi connectivity index (χ4v) is 4.65. The molecule has 1 atom stereocenters. The van der Waals surface area contributed by atoms with Crippen molar-refractivity contribution in [3.05, 3.63) is 5.01 Å². The van der Waals surface area contributed by atoms with Crippen molar-refractivity contribution in [1.29, 1.82) is 0 Å². The second-order valence-corrected chi connectivity index (χ2v) is 7.82. The van der Waals surface area contributed by atoms with Gasteiger partial charge in [-0.1, -0.05) is 11.3 Å². The van der Waals surface area contributed by atoms with E-state index >= 15 is 0 Å². The van der Waals surface area contributed by atoms with Crippen molar-refractivity contribution >= 4 is 22.4 Å². The monoisotopic (exact) mass is 338 g/mol. The lowest BCUT2D eigenvalue weighted by molar-refractivity contribution is 0.0191. The van der Waals surface area contributed by atoms with Crippen molar-refractivity contribution in [3.8, 4) is 0 Å². The molecule has 23 heavy (non-hydrogen) atoms. The van der Waals surface area contributed by atoms with Crippen LogP contribution in [0.15, 0.2) is 0 Å². The largest absolute Gasteiger partial charge is 0.391 e.